The average molecular weight is 269 g/mol. The molecule has 1 aliphatic rings. The highest BCUT2D eigenvalue weighted by molar-refractivity contribution is 7.99. The molecule has 1 N–H and O–H groups in total. The summed E-state index contributed by atoms with van der Waals surface area (Å²) in [6.07, 6.45) is 0. The van der Waals surface area contributed by atoms with Crippen molar-refractivity contribution >= 4 is 23.6 Å². The quantitative estimate of drug-likeness (QED) is 0.888. The molecule has 18 heavy (non-hydrogen) atoms. The Balaban J connectivity index is 2.28. The Bertz CT molecular complexity index is 506. The third kappa shape index (κ3) is 2.33. The van der Waals surface area contributed by atoms with Crippen LogP contribution in [0.1, 0.15) is 15.9 Å². The first-order valence-electron chi connectivity index (χ1n) is 5.38. The number of carbonyl (C=O) groups is 2. The summed E-state index contributed by atoms with van der Waals surface area (Å²) in [5, 5.41) is 8.99. The molecule has 1 saturated heterocycles. The first-order valence-corrected chi connectivity index (χ1v) is 6.54. The number of carboxylic acid groups (broad SMARTS) is 1. The maximum atomic E-state index is 13.7. The van der Waals surface area contributed by atoms with Gasteiger partial charge in [0.15, 0.2) is 0 Å². The van der Waals surface area contributed by atoms with Crippen LogP contribution in [-0.4, -0.2) is 39.6 Å². The van der Waals surface area contributed by atoms with Gasteiger partial charge in [0.1, 0.15) is 11.9 Å². The zero-order valence-corrected chi connectivity index (χ0v) is 10.5. The Morgan fingerprint density at radius 1 is 1.50 bits per heavy atom. The summed E-state index contributed by atoms with van der Waals surface area (Å²) in [5.41, 5.74) is 0.643. The smallest absolute Gasteiger partial charge is 0.327 e. The van der Waals surface area contributed by atoms with E-state index in [-0.39, 0.29) is 11.4 Å². The minimum atomic E-state index is -1.05. The average Bonchev–Trinajstić information content (AvgIpc) is 2.77. The molecular weight excluding hydrogens is 257 g/mol. The lowest BCUT2D eigenvalue weighted by Crippen LogP contribution is -2.42. The summed E-state index contributed by atoms with van der Waals surface area (Å²) in [5.74, 6) is -1.61. The monoisotopic (exact) mass is 269 g/mol. The fraction of sp³-hybridized carbons (Fsp3) is 0.333. The van der Waals surface area contributed by atoms with Gasteiger partial charge in [0.05, 0.1) is 11.4 Å². The molecule has 0 aromatic heterocycles. The molecule has 4 nitrogen and oxygen atoms in total. The molecule has 1 atom stereocenters. The van der Waals surface area contributed by atoms with E-state index in [4.69, 9.17) is 5.11 Å². The molecule has 1 aromatic carbocycles. The maximum Gasteiger partial charge on any atom is 0.327 e. The second-order valence-corrected chi connectivity index (χ2v) is 5.11. The van der Waals surface area contributed by atoms with Gasteiger partial charge < -0.3 is 10.0 Å². The van der Waals surface area contributed by atoms with Crippen LogP contribution < -0.4 is 0 Å². The highest BCUT2D eigenvalue weighted by Gasteiger charge is 2.35. The number of hydrogen-bond donors (Lipinski definition) is 1. The number of benzene rings is 1. The fourth-order valence-corrected chi connectivity index (χ4v) is 2.94. The van der Waals surface area contributed by atoms with Crippen LogP contribution in [0.25, 0.3) is 0 Å². The van der Waals surface area contributed by atoms with Gasteiger partial charge >= 0.3 is 5.97 Å². The minimum Gasteiger partial charge on any atom is -0.480 e. The molecule has 0 spiro atoms. The van der Waals surface area contributed by atoms with E-state index in [1.165, 1.54) is 28.8 Å². The lowest BCUT2D eigenvalue weighted by Gasteiger charge is -2.20. The van der Waals surface area contributed by atoms with Crippen molar-refractivity contribution < 1.29 is 19.1 Å². The van der Waals surface area contributed by atoms with Crippen molar-refractivity contribution in [1.82, 2.24) is 4.90 Å². The molecule has 0 saturated carbocycles. The summed E-state index contributed by atoms with van der Waals surface area (Å²) in [7, 11) is 0. The van der Waals surface area contributed by atoms with Crippen LogP contribution in [0.15, 0.2) is 18.2 Å². The summed E-state index contributed by atoms with van der Waals surface area (Å²) in [6, 6.07) is 3.43. The van der Waals surface area contributed by atoms with Crippen molar-refractivity contribution in [3.05, 3.63) is 35.1 Å². The van der Waals surface area contributed by atoms with Crippen molar-refractivity contribution in [2.45, 2.75) is 13.0 Å². The van der Waals surface area contributed by atoms with E-state index in [9.17, 15) is 14.0 Å². The topological polar surface area (TPSA) is 57.6 Å². The predicted octanol–water partition coefficient (Wildman–Crippen LogP) is 1.73. The molecule has 1 aromatic rings. The Morgan fingerprint density at radius 2 is 2.22 bits per heavy atom. The van der Waals surface area contributed by atoms with Gasteiger partial charge in [0.25, 0.3) is 5.91 Å². The first-order chi connectivity index (χ1) is 8.50. The molecule has 1 heterocycles. The van der Waals surface area contributed by atoms with Gasteiger partial charge in [-0.3, -0.25) is 4.79 Å². The van der Waals surface area contributed by atoms with Crippen LogP contribution >= 0.6 is 11.8 Å². The number of amides is 1. The van der Waals surface area contributed by atoms with Crippen LogP contribution in [0.2, 0.25) is 0 Å². The van der Waals surface area contributed by atoms with Gasteiger partial charge in [-0.2, -0.15) is 0 Å². The standard InChI is InChI=1S/C12H12FNO3S/c1-7-2-3-8(9(13)4-7)11(15)14-6-18-5-10(14)12(16)17/h2-4,10H,5-6H2,1H3,(H,16,17)/t10-/m0/s1. The highest BCUT2D eigenvalue weighted by Crippen LogP contribution is 2.24. The Morgan fingerprint density at radius 3 is 2.83 bits per heavy atom. The number of aryl methyl sites for hydroxylation is 1. The molecule has 0 bridgehead atoms. The summed E-state index contributed by atoms with van der Waals surface area (Å²) in [6.45, 7) is 1.73. The zero-order valence-electron chi connectivity index (χ0n) is 9.72. The van der Waals surface area contributed by atoms with Gasteiger partial charge in [-0.1, -0.05) is 6.07 Å². The maximum absolute atomic E-state index is 13.7. The number of halogens is 1. The van der Waals surface area contributed by atoms with E-state index < -0.39 is 23.7 Å². The van der Waals surface area contributed by atoms with E-state index in [0.717, 1.165) is 5.56 Å². The summed E-state index contributed by atoms with van der Waals surface area (Å²) >= 11 is 1.35. The van der Waals surface area contributed by atoms with Crippen molar-refractivity contribution in [2.75, 3.05) is 11.6 Å². The van der Waals surface area contributed by atoms with Crippen molar-refractivity contribution in [3.63, 3.8) is 0 Å². The van der Waals surface area contributed by atoms with Crippen LogP contribution in [0.5, 0.6) is 0 Å². The fourth-order valence-electron chi connectivity index (χ4n) is 1.80. The van der Waals surface area contributed by atoms with Crippen molar-refractivity contribution in [2.24, 2.45) is 0 Å². The van der Waals surface area contributed by atoms with E-state index in [1.807, 2.05) is 0 Å². The number of aliphatic carboxylic acids is 1. The third-order valence-electron chi connectivity index (χ3n) is 2.78. The molecule has 0 unspecified atom stereocenters. The second kappa shape index (κ2) is 4.97. The number of thioether (sulfide) groups is 1. The zero-order chi connectivity index (χ0) is 13.3. The minimum absolute atomic E-state index is 0.0747. The number of carbonyl (C=O) groups excluding carboxylic acids is 1. The molecule has 0 aliphatic carbocycles. The summed E-state index contributed by atoms with van der Waals surface area (Å²) in [4.78, 5) is 24.3. The highest BCUT2D eigenvalue weighted by atomic mass is 32.2. The van der Waals surface area contributed by atoms with Gasteiger partial charge in [-0.15, -0.1) is 11.8 Å². The molecule has 1 aliphatic heterocycles. The van der Waals surface area contributed by atoms with E-state index >= 15 is 0 Å². The van der Waals surface area contributed by atoms with E-state index in [1.54, 1.807) is 13.0 Å². The van der Waals surface area contributed by atoms with Crippen molar-refractivity contribution in [1.29, 1.82) is 0 Å². The molecule has 2 rings (SSSR count). The SMILES string of the molecule is Cc1ccc(C(=O)N2CSC[C@H]2C(=O)O)c(F)c1. The van der Waals surface area contributed by atoms with Crippen LogP contribution in [-0.2, 0) is 4.79 Å². The molecule has 1 fully saturated rings. The van der Waals surface area contributed by atoms with E-state index in [2.05, 4.69) is 0 Å². The normalized spacial score (nSPS) is 19.0. The number of rotatable bonds is 2. The Labute approximate surface area is 108 Å². The Hall–Kier alpha value is -1.56. The van der Waals surface area contributed by atoms with Crippen LogP contribution in [0.4, 0.5) is 4.39 Å². The largest absolute Gasteiger partial charge is 0.480 e. The molecule has 6 heteroatoms. The second-order valence-electron chi connectivity index (χ2n) is 4.11. The van der Waals surface area contributed by atoms with Crippen molar-refractivity contribution in [3.8, 4) is 0 Å². The molecular formula is C12H12FNO3S. The number of carboxylic acids is 1. The van der Waals surface area contributed by atoms with E-state index in [0.29, 0.717) is 5.75 Å². The molecule has 0 radical (unpaired) electrons. The van der Waals surface area contributed by atoms with Crippen LogP contribution in [0.3, 0.4) is 0 Å². The molecule has 96 valence electrons. The molecule has 1 amide bonds. The number of hydrogen-bond acceptors (Lipinski definition) is 3. The van der Waals surface area contributed by atoms with Gasteiger partial charge in [-0.05, 0) is 24.6 Å². The third-order valence-corrected chi connectivity index (χ3v) is 3.80. The lowest BCUT2D eigenvalue weighted by atomic mass is 10.1. The summed E-state index contributed by atoms with van der Waals surface area (Å²) < 4.78 is 13.7. The van der Waals surface area contributed by atoms with Gasteiger partial charge in [0.2, 0.25) is 0 Å². The van der Waals surface area contributed by atoms with Crippen LogP contribution in [0, 0.1) is 12.7 Å². The van der Waals surface area contributed by atoms with Gasteiger partial charge in [0, 0.05) is 5.75 Å². The first kappa shape index (κ1) is 12.9. The Kier molecular flexibility index (Phi) is 3.56. The predicted molar refractivity (Wildman–Crippen MR) is 66.1 cm³/mol. The van der Waals surface area contributed by atoms with Gasteiger partial charge in [-0.25, -0.2) is 9.18 Å². The lowest BCUT2D eigenvalue weighted by molar-refractivity contribution is -0.140. The number of nitrogens with zero attached hydrogens (tertiary/aromatic N) is 1.